The second kappa shape index (κ2) is 7.94. The number of rotatable bonds is 6. The van der Waals surface area contributed by atoms with Crippen LogP contribution in [0.25, 0.3) is 10.9 Å². The van der Waals surface area contributed by atoms with E-state index in [9.17, 15) is 21.6 Å². The van der Waals surface area contributed by atoms with Crippen LogP contribution >= 0.6 is 11.6 Å². The molecule has 0 aliphatic carbocycles. The number of hydrogen-bond acceptors (Lipinski definition) is 4. The first-order valence-electron chi connectivity index (χ1n) is 9.24. The van der Waals surface area contributed by atoms with Crippen molar-refractivity contribution in [2.45, 2.75) is 11.8 Å². The molecule has 0 unspecified atom stereocenters. The van der Waals surface area contributed by atoms with Crippen LogP contribution in [-0.4, -0.2) is 37.3 Å². The Bertz CT molecular complexity index is 1230. The molecule has 1 aliphatic rings. The van der Waals surface area contributed by atoms with Crippen LogP contribution in [0.3, 0.4) is 0 Å². The van der Waals surface area contributed by atoms with Gasteiger partial charge in [-0.25, -0.2) is 23.3 Å². The third-order valence-electron chi connectivity index (χ3n) is 5.41. The predicted octanol–water partition coefficient (Wildman–Crippen LogP) is 3.83. The largest absolute Gasteiger partial charge is 0.383 e. The zero-order valence-electron chi connectivity index (χ0n) is 16.0. The quantitative estimate of drug-likeness (QED) is 0.573. The lowest BCUT2D eigenvalue weighted by molar-refractivity contribution is 0.146. The molecule has 0 atom stereocenters. The Labute approximate surface area is 182 Å². The average molecular weight is 471 g/mol. The first-order chi connectivity index (χ1) is 14.6. The number of aromatic nitrogens is 1. The minimum absolute atomic E-state index is 0.0654. The predicted molar refractivity (Wildman–Crippen MR) is 113 cm³/mol. The van der Waals surface area contributed by atoms with Gasteiger partial charge in [0.15, 0.2) is 0 Å². The number of anilines is 1. The summed E-state index contributed by atoms with van der Waals surface area (Å²) in [6.45, 7) is 0.324. The summed E-state index contributed by atoms with van der Waals surface area (Å²) in [4.78, 5) is 3.97. The van der Waals surface area contributed by atoms with Gasteiger partial charge < -0.3 is 5.32 Å². The van der Waals surface area contributed by atoms with Gasteiger partial charge in [0.05, 0.1) is 5.52 Å². The Morgan fingerprint density at radius 3 is 2.45 bits per heavy atom. The summed E-state index contributed by atoms with van der Waals surface area (Å²) in [6.07, 6.45) is -2.77. The van der Waals surface area contributed by atoms with Crippen LogP contribution in [0.4, 0.5) is 18.9 Å². The fourth-order valence-electron chi connectivity index (χ4n) is 3.75. The fourth-order valence-corrected chi connectivity index (χ4v) is 4.78. The molecule has 11 heteroatoms. The maximum Gasteiger partial charge on any atom is 0.280 e. The smallest absolute Gasteiger partial charge is 0.280 e. The van der Waals surface area contributed by atoms with Crippen LogP contribution in [-0.2, 0) is 15.6 Å². The molecule has 0 spiro atoms. The first kappa shape index (κ1) is 21.8. The zero-order valence-corrected chi connectivity index (χ0v) is 17.6. The van der Waals surface area contributed by atoms with E-state index in [1.807, 2.05) is 0 Å². The van der Waals surface area contributed by atoms with Crippen molar-refractivity contribution >= 4 is 38.4 Å². The Morgan fingerprint density at radius 1 is 1.16 bits per heavy atom. The number of nitrogens with zero attached hydrogens (tertiary/aromatic N) is 2. The van der Waals surface area contributed by atoms with Gasteiger partial charge in [-0.05, 0) is 42.0 Å². The molecule has 0 radical (unpaired) electrons. The van der Waals surface area contributed by atoms with E-state index >= 15 is 0 Å². The Balaban J connectivity index is 1.70. The highest BCUT2D eigenvalue weighted by atomic mass is 35.5. The van der Waals surface area contributed by atoms with E-state index in [0.29, 0.717) is 27.2 Å². The van der Waals surface area contributed by atoms with E-state index < -0.39 is 33.6 Å². The second-order valence-corrected chi connectivity index (χ2v) is 9.49. The molecule has 164 valence electrons. The molecule has 31 heavy (non-hydrogen) atoms. The normalized spacial score (nSPS) is 16.5. The highest BCUT2D eigenvalue weighted by molar-refractivity contribution is 7.86. The molecule has 2 aromatic carbocycles. The summed E-state index contributed by atoms with van der Waals surface area (Å²) < 4.78 is 64.6. The Kier molecular flexibility index (Phi) is 5.59. The number of alkyl halides is 2. The van der Waals surface area contributed by atoms with Crippen molar-refractivity contribution in [2.24, 2.45) is 5.14 Å². The summed E-state index contributed by atoms with van der Waals surface area (Å²) in [5.41, 5.74) is 0.317. The van der Waals surface area contributed by atoms with Gasteiger partial charge in [0.2, 0.25) is 0 Å². The van der Waals surface area contributed by atoms with Crippen molar-refractivity contribution in [1.29, 1.82) is 0 Å². The van der Waals surface area contributed by atoms with Gasteiger partial charge in [-0.1, -0.05) is 23.7 Å². The van der Waals surface area contributed by atoms with Crippen LogP contribution in [0, 0.1) is 5.82 Å². The molecule has 0 bridgehead atoms. The minimum Gasteiger partial charge on any atom is -0.383 e. The summed E-state index contributed by atoms with van der Waals surface area (Å²) in [5, 5.41) is 9.34. The molecule has 1 aliphatic heterocycles. The lowest BCUT2D eigenvalue weighted by Crippen LogP contribution is -2.65. The summed E-state index contributed by atoms with van der Waals surface area (Å²) in [5.74, 6) is -0.425. The Hall–Kier alpha value is -2.40. The van der Waals surface area contributed by atoms with Crippen molar-refractivity contribution < 1.29 is 21.6 Å². The van der Waals surface area contributed by atoms with Crippen molar-refractivity contribution in [1.82, 2.24) is 9.29 Å². The van der Waals surface area contributed by atoms with Gasteiger partial charge >= 0.3 is 0 Å². The lowest BCUT2D eigenvalue weighted by Gasteiger charge is -2.49. The van der Waals surface area contributed by atoms with Gasteiger partial charge in [0, 0.05) is 41.1 Å². The topological polar surface area (TPSA) is 88.3 Å². The van der Waals surface area contributed by atoms with Crippen LogP contribution < -0.4 is 10.5 Å². The fraction of sp³-hybridized carbons (Fsp3) is 0.250. The Morgan fingerprint density at radius 2 is 1.84 bits per heavy atom. The van der Waals surface area contributed by atoms with E-state index in [1.165, 1.54) is 18.2 Å². The molecule has 0 amide bonds. The maximum atomic E-state index is 13.4. The number of nitrogens with two attached hydrogens (primary N) is 1. The van der Waals surface area contributed by atoms with E-state index in [-0.39, 0.29) is 19.6 Å². The number of halogens is 4. The highest BCUT2D eigenvalue weighted by Gasteiger charge is 2.48. The molecular formula is C20H18ClF3N4O2S. The van der Waals surface area contributed by atoms with E-state index in [0.717, 1.165) is 4.31 Å². The molecule has 1 saturated heterocycles. The number of pyridine rings is 1. The van der Waals surface area contributed by atoms with Crippen LogP contribution in [0.1, 0.15) is 17.7 Å². The molecule has 3 aromatic rings. The van der Waals surface area contributed by atoms with Gasteiger partial charge in [0.1, 0.15) is 11.5 Å². The van der Waals surface area contributed by atoms with Crippen LogP contribution in [0.2, 0.25) is 5.02 Å². The molecule has 2 heterocycles. The molecule has 1 fully saturated rings. The van der Waals surface area contributed by atoms with Crippen LogP contribution in [0.15, 0.2) is 48.5 Å². The van der Waals surface area contributed by atoms with Crippen molar-refractivity contribution in [3.8, 4) is 0 Å². The van der Waals surface area contributed by atoms with Gasteiger partial charge in [-0.3, -0.25) is 0 Å². The van der Waals surface area contributed by atoms with Gasteiger partial charge in [-0.15, -0.1) is 0 Å². The third-order valence-corrected chi connectivity index (χ3v) is 6.62. The first-order valence-corrected chi connectivity index (χ1v) is 11.1. The third kappa shape index (κ3) is 4.33. The maximum absolute atomic E-state index is 13.4. The molecule has 3 N–H and O–H groups in total. The standard InChI is InChI=1S/C20H18ClF3N4O2S/c21-13-3-6-16-15(7-13)17(8-18(27-16)19(23)24)26-9-20(10-28(11-20)31(25,29)30)12-1-4-14(22)5-2-12/h1-8,19H,9-11H2,(H,26,27)(H2,25,29,30). The molecule has 4 rings (SSSR count). The molecule has 6 nitrogen and oxygen atoms in total. The van der Waals surface area contributed by atoms with E-state index in [2.05, 4.69) is 10.3 Å². The molecular weight excluding hydrogens is 453 g/mol. The zero-order chi connectivity index (χ0) is 22.4. The average Bonchev–Trinajstić information content (AvgIpc) is 2.67. The monoisotopic (exact) mass is 470 g/mol. The van der Waals surface area contributed by atoms with E-state index in [4.69, 9.17) is 16.7 Å². The number of fused-ring (bicyclic) bond motifs is 1. The van der Waals surface area contributed by atoms with Crippen LogP contribution in [0.5, 0.6) is 0 Å². The minimum atomic E-state index is -3.89. The summed E-state index contributed by atoms with van der Waals surface area (Å²) in [6, 6.07) is 11.7. The number of nitrogens with one attached hydrogen (secondary N) is 1. The van der Waals surface area contributed by atoms with Gasteiger partial charge in [0.25, 0.3) is 16.6 Å². The highest BCUT2D eigenvalue weighted by Crippen LogP contribution is 2.37. The molecule has 0 saturated carbocycles. The second-order valence-electron chi connectivity index (χ2n) is 7.51. The van der Waals surface area contributed by atoms with Gasteiger partial charge in [-0.2, -0.15) is 12.7 Å². The molecule has 1 aromatic heterocycles. The van der Waals surface area contributed by atoms with E-state index in [1.54, 1.807) is 30.3 Å². The van der Waals surface area contributed by atoms with Crippen molar-refractivity contribution in [3.63, 3.8) is 0 Å². The SMILES string of the molecule is NS(=O)(=O)N1CC(CNc2cc(C(F)F)nc3ccc(Cl)cc23)(c2ccc(F)cc2)C1. The number of benzene rings is 2. The summed E-state index contributed by atoms with van der Waals surface area (Å²) >= 11 is 6.08. The van der Waals surface area contributed by atoms with Crippen molar-refractivity contribution in [3.05, 3.63) is 70.6 Å². The summed E-state index contributed by atoms with van der Waals surface area (Å²) in [7, 11) is -3.89. The van der Waals surface area contributed by atoms with Crippen molar-refractivity contribution in [2.75, 3.05) is 25.0 Å². The number of hydrogen-bond donors (Lipinski definition) is 2. The lowest BCUT2D eigenvalue weighted by atomic mass is 9.75.